The number of hydrogen-bond donors (Lipinski definition) is 1. The summed E-state index contributed by atoms with van der Waals surface area (Å²) in [5.74, 6) is -0.395. The highest BCUT2D eigenvalue weighted by Gasteiger charge is 2.41. The van der Waals surface area contributed by atoms with Gasteiger partial charge in [-0.25, -0.2) is 9.59 Å². The number of nitrogens with one attached hydrogen (secondary N) is 1. The van der Waals surface area contributed by atoms with Crippen LogP contribution in [0.3, 0.4) is 0 Å². The first-order valence-corrected chi connectivity index (χ1v) is 10.2. The van der Waals surface area contributed by atoms with Crippen LogP contribution in [0.25, 0.3) is 0 Å². The van der Waals surface area contributed by atoms with Gasteiger partial charge in [-0.3, -0.25) is 4.79 Å². The van der Waals surface area contributed by atoms with E-state index in [2.05, 4.69) is 5.32 Å². The van der Waals surface area contributed by atoms with Gasteiger partial charge < -0.3 is 24.4 Å². The number of piperidine rings is 1. The van der Waals surface area contributed by atoms with Crippen LogP contribution < -0.4 is 5.32 Å². The number of alkyl carbamates (subject to hydrolysis) is 1. The molecule has 1 aromatic rings. The molecule has 1 saturated heterocycles. The fourth-order valence-electron chi connectivity index (χ4n) is 3.28. The van der Waals surface area contributed by atoms with Crippen molar-refractivity contribution in [2.75, 3.05) is 19.7 Å². The molecule has 0 atom stereocenters. The summed E-state index contributed by atoms with van der Waals surface area (Å²) in [5.41, 5.74) is -0.576. The van der Waals surface area contributed by atoms with Gasteiger partial charge in [0.2, 0.25) is 0 Å². The molecule has 2 amide bonds. The monoisotopic (exact) mass is 420 g/mol. The van der Waals surface area contributed by atoms with Crippen LogP contribution in [0.15, 0.2) is 30.3 Å². The van der Waals surface area contributed by atoms with E-state index >= 15 is 0 Å². The van der Waals surface area contributed by atoms with Gasteiger partial charge in [0.15, 0.2) is 0 Å². The molecule has 0 spiro atoms. The van der Waals surface area contributed by atoms with E-state index in [1.165, 1.54) is 0 Å². The van der Waals surface area contributed by atoms with E-state index < -0.39 is 29.3 Å². The second-order valence-corrected chi connectivity index (χ2v) is 8.42. The van der Waals surface area contributed by atoms with Crippen LogP contribution in [0.1, 0.15) is 52.5 Å². The zero-order chi connectivity index (χ0) is 22.2. The number of rotatable bonds is 6. The molecule has 0 aromatic heterocycles. The molecule has 0 aliphatic carbocycles. The number of likely N-dealkylation sites (tertiary alicyclic amines) is 1. The molecule has 30 heavy (non-hydrogen) atoms. The molecular formula is C22H32N2O6. The molecule has 1 fully saturated rings. The summed E-state index contributed by atoms with van der Waals surface area (Å²) >= 11 is 0. The van der Waals surface area contributed by atoms with E-state index in [1.54, 1.807) is 32.6 Å². The zero-order valence-corrected chi connectivity index (χ0v) is 18.2. The molecule has 8 heteroatoms. The highest BCUT2D eigenvalue weighted by atomic mass is 16.6. The molecule has 2 rings (SSSR count). The van der Waals surface area contributed by atoms with E-state index in [1.807, 2.05) is 30.3 Å². The maximum atomic E-state index is 12.4. The predicted octanol–water partition coefficient (Wildman–Crippen LogP) is 3.64. The Morgan fingerprint density at radius 2 is 1.70 bits per heavy atom. The van der Waals surface area contributed by atoms with Gasteiger partial charge in [-0.2, -0.15) is 0 Å². The minimum Gasteiger partial charge on any atom is -0.466 e. The third-order valence-corrected chi connectivity index (χ3v) is 4.74. The number of hydrogen-bond acceptors (Lipinski definition) is 6. The van der Waals surface area contributed by atoms with Crippen molar-refractivity contribution in [2.24, 2.45) is 0 Å². The number of carbonyl (C=O) groups is 3. The zero-order valence-electron chi connectivity index (χ0n) is 18.2. The van der Waals surface area contributed by atoms with Gasteiger partial charge in [0, 0.05) is 13.1 Å². The van der Waals surface area contributed by atoms with Crippen LogP contribution in [0, 0.1) is 0 Å². The minimum absolute atomic E-state index is 0.0208. The van der Waals surface area contributed by atoms with Crippen LogP contribution in [-0.4, -0.2) is 53.9 Å². The molecular weight excluding hydrogens is 388 g/mol. The van der Waals surface area contributed by atoms with Crippen molar-refractivity contribution in [1.29, 1.82) is 0 Å². The lowest BCUT2D eigenvalue weighted by Crippen LogP contribution is -2.58. The fraction of sp³-hybridized carbons (Fsp3) is 0.591. The number of nitrogens with zero attached hydrogens (tertiary/aromatic N) is 1. The van der Waals surface area contributed by atoms with Crippen molar-refractivity contribution in [2.45, 2.75) is 64.7 Å². The van der Waals surface area contributed by atoms with Crippen molar-refractivity contribution in [3.05, 3.63) is 35.9 Å². The van der Waals surface area contributed by atoms with Gasteiger partial charge in [0.05, 0.1) is 18.6 Å². The van der Waals surface area contributed by atoms with Gasteiger partial charge in [0.1, 0.15) is 12.2 Å². The lowest BCUT2D eigenvalue weighted by atomic mass is 9.84. The molecule has 1 aliphatic heterocycles. The number of benzene rings is 1. The molecule has 1 N–H and O–H groups in total. The Hall–Kier alpha value is -2.77. The van der Waals surface area contributed by atoms with Crippen LogP contribution in [0.2, 0.25) is 0 Å². The van der Waals surface area contributed by atoms with E-state index in [0.29, 0.717) is 25.9 Å². The highest BCUT2D eigenvalue weighted by molar-refractivity contribution is 5.74. The summed E-state index contributed by atoms with van der Waals surface area (Å²) in [6.07, 6.45) is -0.197. The average Bonchev–Trinajstić information content (AvgIpc) is 2.66. The largest absolute Gasteiger partial charge is 0.466 e. The van der Waals surface area contributed by atoms with Crippen LogP contribution >= 0.6 is 0 Å². The van der Waals surface area contributed by atoms with Crippen LogP contribution in [0.4, 0.5) is 9.59 Å². The predicted molar refractivity (Wildman–Crippen MR) is 111 cm³/mol. The quantitative estimate of drug-likeness (QED) is 0.558. The van der Waals surface area contributed by atoms with E-state index in [4.69, 9.17) is 14.2 Å². The molecule has 0 unspecified atom stereocenters. The number of esters is 1. The summed E-state index contributed by atoms with van der Waals surface area (Å²) in [4.78, 5) is 38.5. The second-order valence-electron chi connectivity index (χ2n) is 8.42. The summed E-state index contributed by atoms with van der Waals surface area (Å²) in [6, 6.07) is 9.44. The Labute approximate surface area is 177 Å². The summed E-state index contributed by atoms with van der Waals surface area (Å²) in [6.45, 7) is 8.21. The van der Waals surface area contributed by atoms with Crippen molar-refractivity contribution in [3.63, 3.8) is 0 Å². The maximum absolute atomic E-state index is 12.4. The molecule has 0 radical (unpaired) electrons. The standard InChI is InChI=1S/C22H32N2O6/c1-5-28-18(25)15-22(23-19(26)30-21(2,3)4)11-13-24(14-12-22)20(27)29-16-17-9-7-6-8-10-17/h6-10H,5,11-16H2,1-4H3,(H,23,26). The van der Waals surface area contributed by atoms with E-state index in [0.717, 1.165) is 5.56 Å². The number of ether oxygens (including phenoxy) is 3. The second kappa shape index (κ2) is 10.3. The third-order valence-electron chi connectivity index (χ3n) is 4.74. The normalized spacial score (nSPS) is 15.8. The molecule has 1 heterocycles. The van der Waals surface area contributed by atoms with Crippen molar-refractivity contribution < 1.29 is 28.6 Å². The van der Waals surface area contributed by atoms with Crippen LogP contribution in [-0.2, 0) is 25.6 Å². The summed E-state index contributed by atoms with van der Waals surface area (Å²) in [7, 11) is 0. The van der Waals surface area contributed by atoms with Gasteiger partial charge in [-0.15, -0.1) is 0 Å². The topological polar surface area (TPSA) is 94.2 Å². The molecule has 8 nitrogen and oxygen atoms in total. The summed E-state index contributed by atoms with van der Waals surface area (Å²) < 4.78 is 15.8. The van der Waals surface area contributed by atoms with Gasteiger partial charge in [0.25, 0.3) is 0 Å². The van der Waals surface area contributed by atoms with E-state index in [9.17, 15) is 14.4 Å². The summed E-state index contributed by atoms with van der Waals surface area (Å²) in [5, 5.41) is 2.85. The molecule has 0 saturated carbocycles. The molecule has 1 aliphatic rings. The Kier molecular flexibility index (Phi) is 8.08. The number of amides is 2. The Balaban J connectivity index is 1.97. The SMILES string of the molecule is CCOC(=O)CC1(NC(=O)OC(C)(C)C)CCN(C(=O)OCc2ccccc2)CC1. The molecule has 1 aromatic carbocycles. The van der Waals surface area contributed by atoms with Gasteiger partial charge in [-0.1, -0.05) is 30.3 Å². The Morgan fingerprint density at radius 3 is 2.27 bits per heavy atom. The maximum Gasteiger partial charge on any atom is 0.410 e. The molecule has 0 bridgehead atoms. The highest BCUT2D eigenvalue weighted by Crippen LogP contribution is 2.28. The van der Waals surface area contributed by atoms with Gasteiger partial charge >= 0.3 is 18.2 Å². The first-order chi connectivity index (χ1) is 14.1. The average molecular weight is 421 g/mol. The first-order valence-electron chi connectivity index (χ1n) is 10.2. The number of carbonyl (C=O) groups excluding carboxylic acids is 3. The third kappa shape index (κ3) is 7.57. The smallest absolute Gasteiger partial charge is 0.410 e. The Bertz CT molecular complexity index is 721. The first kappa shape index (κ1) is 23.5. The lowest BCUT2D eigenvalue weighted by Gasteiger charge is -2.41. The lowest BCUT2D eigenvalue weighted by molar-refractivity contribution is -0.145. The van der Waals surface area contributed by atoms with Gasteiger partial charge in [-0.05, 0) is 46.1 Å². The molecule has 166 valence electrons. The van der Waals surface area contributed by atoms with Crippen molar-refractivity contribution in [3.8, 4) is 0 Å². The minimum atomic E-state index is -0.829. The van der Waals surface area contributed by atoms with E-state index in [-0.39, 0.29) is 19.6 Å². The van der Waals surface area contributed by atoms with Crippen molar-refractivity contribution in [1.82, 2.24) is 10.2 Å². The Morgan fingerprint density at radius 1 is 1.07 bits per heavy atom. The van der Waals surface area contributed by atoms with Crippen molar-refractivity contribution >= 4 is 18.2 Å². The van der Waals surface area contributed by atoms with Crippen LogP contribution in [0.5, 0.6) is 0 Å². The fourth-order valence-corrected chi connectivity index (χ4v) is 3.28.